The van der Waals surface area contributed by atoms with Crippen molar-refractivity contribution in [3.8, 4) is 11.4 Å². The van der Waals surface area contributed by atoms with Gasteiger partial charge in [-0.1, -0.05) is 6.07 Å². The van der Waals surface area contributed by atoms with Crippen molar-refractivity contribution < 1.29 is 4.39 Å². The SMILES string of the molecule is Cc1cn2cc(-c3nc(=O)n4ccccc4n3)cc(F)c2n1. The monoisotopic (exact) mass is 295 g/mol. The lowest BCUT2D eigenvalue weighted by Crippen LogP contribution is -2.19. The second-order valence-corrected chi connectivity index (χ2v) is 4.95. The zero-order valence-electron chi connectivity index (χ0n) is 11.6. The van der Waals surface area contributed by atoms with Gasteiger partial charge in [-0.3, -0.25) is 4.40 Å². The van der Waals surface area contributed by atoms with Gasteiger partial charge in [-0.15, -0.1) is 0 Å². The fraction of sp³-hybridized carbons (Fsp3) is 0.0667. The molecule has 6 nitrogen and oxygen atoms in total. The molecule has 4 rings (SSSR count). The van der Waals surface area contributed by atoms with Crippen molar-refractivity contribution >= 4 is 11.3 Å². The summed E-state index contributed by atoms with van der Waals surface area (Å²) in [6.07, 6.45) is 4.95. The third kappa shape index (κ3) is 1.86. The fourth-order valence-electron chi connectivity index (χ4n) is 2.40. The molecule has 0 amide bonds. The first kappa shape index (κ1) is 12.6. The van der Waals surface area contributed by atoms with Gasteiger partial charge in [-0.25, -0.2) is 19.2 Å². The number of hydrogen-bond donors (Lipinski definition) is 0. The molecule has 0 fully saturated rings. The Morgan fingerprint density at radius 2 is 2.00 bits per heavy atom. The summed E-state index contributed by atoms with van der Waals surface area (Å²) in [7, 11) is 0. The number of aryl methyl sites for hydroxylation is 1. The van der Waals surface area contributed by atoms with Gasteiger partial charge >= 0.3 is 5.69 Å². The highest BCUT2D eigenvalue weighted by Crippen LogP contribution is 2.19. The molecular formula is C15H10FN5O. The Labute approximate surface area is 123 Å². The quantitative estimate of drug-likeness (QED) is 0.537. The van der Waals surface area contributed by atoms with E-state index in [0.29, 0.717) is 16.9 Å². The predicted octanol–water partition coefficient (Wildman–Crippen LogP) is 1.85. The summed E-state index contributed by atoms with van der Waals surface area (Å²) < 4.78 is 17.0. The molecule has 108 valence electrons. The van der Waals surface area contributed by atoms with E-state index in [0.717, 1.165) is 0 Å². The maximum atomic E-state index is 14.1. The average molecular weight is 295 g/mol. The van der Waals surface area contributed by atoms with E-state index in [2.05, 4.69) is 15.0 Å². The minimum Gasteiger partial charge on any atom is -0.304 e. The van der Waals surface area contributed by atoms with Crippen LogP contribution in [0.3, 0.4) is 0 Å². The van der Waals surface area contributed by atoms with E-state index in [1.165, 1.54) is 10.5 Å². The number of halogens is 1. The van der Waals surface area contributed by atoms with E-state index >= 15 is 0 Å². The average Bonchev–Trinajstić information content (AvgIpc) is 2.88. The van der Waals surface area contributed by atoms with Crippen LogP contribution >= 0.6 is 0 Å². The van der Waals surface area contributed by atoms with Crippen molar-refractivity contribution in [2.45, 2.75) is 6.92 Å². The Morgan fingerprint density at radius 1 is 1.14 bits per heavy atom. The smallest absolute Gasteiger partial charge is 0.304 e. The Morgan fingerprint density at radius 3 is 2.86 bits per heavy atom. The summed E-state index contributed by atoms with van der Waals surface area (Å²) in [5.41, 5.74) is 1.36. The Balaban J connectivity index is 2.00. The number of aromatic nitrogens is 5. The lowest BCUT2D eigenvalue weighted by atomic mass is 10.2. The number of fused-ring (bicyclic) bond motifs is 2. The van der Waals surface area contributed by atoms with Crippen LogP contribution in [0.2, 0.25) is 0 Å². The van der Waals surface area contributed by atoms with Gasteiger partial charge in [0.2, 0.25) is 0 Å². The molecule has 0 saturated heterocycles. The normalized spacial score (nSPS) is 11.4. The van der Waals surface area contributed by atoms with Gasteiger partial charge in [0.15, 0.2) is 17.3 Å². The molecule has 0 radical (unpaired) electrons. The molecule has 4 aromatic rings. The summed E-state index contributed by atoms with van der Waals surface area (Å²) in [4.78, 5) is 24.4. The maximum absolute atomic E-state index is 14.1. The van der Waals surface area contributed by atoms with Gasteiger partial charge in [0, 0.05) is 24.2 Å². The first-order valence-electron chi connectivity index (χ1n) is 6.62. The molecule has 0 aliphatic carbocycles. The third-order valence-electron chi connectivity index (χ3n) is 3.35. The van der Waals surface area contributed by atoms with Crippen LogP contribution in [0, 0.1) is 12.7 Å². The van der Waals surface area contributed by atoms with E-state index in [9.17, 15) is 9.18 Å². The van der Waals surface area contributed by atoms with Crippen LogP contribution in [0.5, 0.6) is 0 Å². The number of nitrogens with zero attached hydrogens (tertiary/aromatic N) is 5. The largest absolute Gasteiger partial charge is 0.355 e. The van der Waals surface area contributed by atoms with Crippen LogP contribution in [-0.4, -0.2) is 23.8 Å². The van der Waals surface area contributed by atoms with E-state index in [1.807, 2.05) is 0 Å². The second kappa shape index (κ2) is 4.45. The molecule has 7 heteroatoms. The van der Waals surface area contributed by atoms with Crippen LogP contribution in [0.1, 0.15) is 5.69 Å². The molecule has 0 aliphatic rings. The van der Waals surface area contributed by atoms with Crippen LogP contribution in [0.4, 0.5) is 4.39 Å². The Kier molecular flexibility index (Phi) is 2.56. The van der Waals surface area contributed by atoms with Crippen molar-refractivity contribution in [1.29, 1.82) is 0 Å². The molecule has 0 atom stereocenters. The van der Waals surface area contributed by atoms with Crippen molar-refractivity contribution in [2.24, 2.45) is 0 Å². The molecule has 0 N–H and O–H groups in total. The third-order valence-corrected chi connectivity index (χ3v) is 3.35. The van der Waals surface area contributed by atoms with E-state index in [4.69, 9.17) is 0 Å². The summed E-state index contributed by atoms with van der Waals surface area (Å²) in [6.45, 7) is 1.78. The molecule has 4 heterocycles. The van der Waals surface area contributed by atoms with Gasteiger partial charge < -0.3 is 4.40 Å². The van der Waals surface area contributed by atoms with Crippen LogP contribution < -0.4 is 5.69 Å². The Hall–Kier alpha value is -3.09. The van der Waals surface area contributed by atoms with Crippen LogP contribution in [0.15, 0.2) is 47.7 Å². The van der Waals surface area contributed by atoms with Gasteiger partial charge in [0.1, 0.15) is 5.65 Å². The minimum atomic E-state index is -0.484. The van der Waals surface area contributed by atoms with E-state index in [1.54, 1.807) is 48.1 Å². The van der Waals surface area contributed by atoms with Crippen molar-refractivity contribution in [1.82, 2.24) is 23.8 Å². The van der Waals surface area contributed by atoms with E-state index < -0.39 is 11.5 Å². The van der Waals surface area contributed by atoms with Crippen molar-refractivity contribution in [3.05, 3.63) is 64.9 Å². The maximum Gasteiger partial charge on any atom is 0.355 e. The lowest BCUT2D eigenvalue weighted by Gasteiger charge is -2.04. The summed E-state index contributed by atoms with van der Waals surface area (Å²) in [5.74, 6) is -0.300. The zero-order chi connectivity index (χ0) is 15.3. The summed E-state index contributed by atoms with van der Waals surface area (Å²) >= 11 is 0. The second-order valence-electron chi connectivity index (χ2n) is 4.95. The first-order chi connectivity index (χ1) is 10.6. The summed E-state index contributed by atoms with van der Waals surface area (Å²) in [5, 5.41) is 0. The number of pyridine rings is 2. The van der Waals surface area contributed by atoms with Gasteiger partial charge in [0.05, 0.1) is 5.69 Å². The molecule has 0 bridgehead atoms. The van der Waals surface area contributed by atoms with Crippen LogP contribution in [-0.2, 0) is 0 Å². The molecule has 22 heavy (non-hydrogen) atoms. The number of imidazole rings is 1. The highest BCUT2D eigenvalue weighted by atomic mass is 19.1. The molecule has 4 aromatic heterocycles. The fourth-order valence-corrected chi connectivity index (χ4v) is 2.40. The van der Waals surface area contributed by atoms with Crippen LogP contribution in [0.25, 0.3) is 22.7 Å². The molecule has 0 aromatic carbocycles. The highest BCUT2D eigenvalue weighted by Gasteiger charge is 2.11. The molecular weight excluding hydrogens is 285 g/mol. The molecule has 0 spiro atoms. The molecule has 0 saturated carbocycles. The topological polar surface area (TPSA) is 64.6 Å². The Bertz CT molecular complexity index is 1080. The van der Waals surface area contributed by atoms with Gasteiger partial charge in [-0.05, 0) is 25.1 Å². The minimum absolute atomic E-state index is 0.184. The van der Waals surface area contributed by atoms with Gasteiger partial charge in [-0.2, -0.15) is 4.98 Å². The lowest BCUT2D eigenvalue weighted by molar-refractivity contribution is 0.630. The van der Waals surface area contributed by atoms with Gasteiger partial charge in [0.25, 0.3) is 0 Å². The standard InChI is InChI=1S/C15H10FN5O/c1-9-7-20-8-10(6-11(16)14(20)17-9)13-18-12-4-2-3-5-21(12)15(22)19-13/h2-8H,1H3. The molecule has 0 aliphatic heterocycles. The van der Waals surface area contributed by atoms with Crippen molar-refractivity contribution in [2.75, 3.05) is 0 Å². The van der Waals surface area contributed by atoms with E-state index in [-0.39, 0.29) is 11.5 Å². The van der Waals surface area contributed by atoms with Crippen molar-refractivity contribution in [3.63, 3.8) is 0 Å². The number of rotatable bonds is 1. The predicted molar refractivity (Wildman–Crippen MR) is 78.1 cm³/mol. The number of hydrogen-bond acceptors (Lipinski definition) is 4. The summed E-state index contributed by atoms with van der Waals surface area (Å²) in [6, 6.07) is 6.48. The highest BCUT2D eigenvalue weighted by molar-refractivity contribution is 5.60. The first-order valence-corrected chi connectivity index (χ1v) is 6.62. The molecule has 0 unspecified atom stereocenters. The zero-order valence-corrected chi connectivity index (χ0v) is 11.6.